The molecule has 0 saturated carbocycles. The average Bonchev–Trinajstić information content (AvgIpc) is 3.03. The molecule has 2 amide bonds. The van der Waals surface area contributed by atoms with E-state index < -0.39 is 17.6 Å². The van der Waals surface area contributed by atoms with Crippen LogP contribution in [0.2, 0.25) is 0 Å². The number of nitrogens with one attached hydrogen (secondary N) is 1. The summed E-state index contributed by atoms with van der Waals surface area (Å²) >= 11 is 0. The van der Waals surface area contributed by atoms with Crippen LogP contribution in [0.25, 0.3) is 11.1 Å². The molecule has 0 atom stereocenters. The molecule has 2 aromatic carbocycles. The summed E-state index contributed by atoms with van der Waals surface area (Å²) in [5, 5.41) is 11.5. The highest BCUT2D eigenvalue weighted by molar-refractivity contribution is 5.80. The van der Waals surface area contributed by atoms with Crippen molar-refractivity contribution in [3.63, 3.8) is 0 Å². The Kier molecular flexibility index (Phi) is 6.63. The molecule has 0 bridgehead atoms. The van der Waals surface area contributed by atoms with Crippen LogP contribution in [0.15, 0.2) is 48.5 Å². The van der Waals surface area contributed by atoms with Gasteiger partial charge >= 0.3 is 12.1 Å². The Labute approximate surface area is 182 Å². The van der Waals surface area contributed by atoms with Crippen LogP contribution >= 0.6 is 0 Å². The normalized spacial score (nSPS) is 12.6. The molecule has 1 aliphatic rings. The predicted octanol–water partition coefficient (Wildman–Crippen LogP) is 3.63. The van der Waals surface area contributed by atoms with Crippen molar-refractivity contribution in [3.05, 3.63) is 59.7 Å². The monoisotopic (exact) mass is 424 g/mol. The van der Waals surface area contributed by atoms with Crippen molar-refractivity contribution >= 4 is 18.0 Å². The largest absolute Gasteiger partial charge is 0.481 e. The Balaban J connectivity index is 1.57. The molecule has 1 aliphatic carbocycles. The standard InChI is InChI=1S/C24H28N2O5/c1-24(2,14-21(27)26(3)13-12-22(28)29)25-23(30)31-15-20-18-10-6-4-8-16(18)17-9-5-7-11-19(17)20/h4-11,20H,12-15H2,1-3H3,(H,25,30)(H,28,29). The van der Waals surface area contributed by atoms with E-state index in [9.17, 15) is 14.4 Å². The van der Waals surface area contributed by atoms with Gasteiger partial charge in [-0.2, -0.15) is 0 Å². The minimum absolute atomic E-state index is 0.0350. The molecule has 0 fully saturated rings. The van der Waals surface area contributed by atoms with Crippen molar-refractivity contribution in [1.29, 1.82) is 0 Å². The van der Waals surface area contributed by atoms with E-state index in [1.807, 2.05) is 24.3 Å². The van der Waals surface area contributed by atoms with Gasteiger partial charge in [0.15, 0.2) is 0 Å². The fourth-order valence-corrected chi connectivity index (χ4v) is 3.86. The molecule has 7 nitrogen and oxygen atoms in total. The molecule has 0 aromatic heterocycles. The second kappa shape index (κ2) is 9.20. The molecular weight excluding hydrogens is 396 g/mol. The molecule has 0 unspecified atom stereocenters. The Morgan fingerprint density at radius 2 is 1.58 bits per heavy atom. The summed E-state index contributed by atoms with van der Waals surface area (Å²) in [5.74, 6) is -1.24. The van der Waals surface area contributed by atoms with Gasteiger partial charge in [-0.3, -0.25) is 9.59 Å². The molecule has 0 spiro atoms. The van der Waals surface area contributed by atoms with Crippen LogP contribution < -0.4 is 5.32 Å². The molecule has 164 valence electrons. The van der Waals surface area contributed by atoms with Gasteiger partial charge in [-0.1, -0.05) is 48.5 Å². The van der Waals surface area contributed by atoms with Gasteiger partial charge in [0.05, 0.1) is 6.42 Å². The smallest absolute Gasteiger partial charge is 0.407 e. The predicted molar refractivity (Wildman–Crippen MR) is 117 cm³/mol. The number of nitrogens with zero attached hydrogens (tertiary/aromatic N) is 1. The number of hydrogen-bond acceptors (Lipinski definition) is 4. The van der Waals surface area contributed by atoms with Gasteiger partial charge in [0.2, 0.25) is 5.91 Å². The van der Waals surface area contributed by atoms with Crippen molar-refractivity contribution in [3.8, 4) is 11.1 Å². The van der Waals surface area contributed by atoms with Crippen molar-refractivity contribution in [2.45, 2.75) is 38.1 Å². The first-order valence-electron chi connectivity index (χ1n) is 10.3. The summed E-state index contributed by atoms with van der Waals surface area (Å²) in [5.41, 5.74) is 3.73. The second-order valence-electron chi connectivity index (χ2n) is 8.47. The first-order chi connectivity index (χ1) is 14.7. The molecule has 7 heteroatoms. The minimum Gasteiger partial charge on any atom is -0.481 e. The van der Waals surface area contributed by atoms with E-state index in [-0.39, 0.29) is 37.8 Å². The number of ether oxygens (including phenoxy) is 1. The van der Waals surface area contributed by atoms with Gasteiger partial charge in [0.1, 0.15) is 6.61 Å². The SMILES string of the molecule is CN(CCC(=O)O)C(=O)CC(C)(C)NC(=O)OCC1c2ccccc2-c2ccccc21. The summed E-state index contributed by atoms with van der Waals surface area (Å²) in [7, 11) is 1.55. The van der Waals surface area contributed by atoms with Gasteiger partial charge in [0, 0.05) is 31.5 Å². The third-order valence-corrected chi connectivity index (χ3v) is 5.46. The topological polar surface area (TPSA) is 95.9 Å². The van der Waals surface area contributed by atoms with Crippen LogP contribution in [0.5, 0.6) is 0 Å². The molecule has 0 radical (unpaired) electrons. The van der Waals surface area contributed by atoms with Crippen molar-refractivity contribution in [2.24, 2.45) is 0 Å². The lowest BCUT2D eigenvalue weighted by Gasteiger charge is -2.28. The molecule has 0 aliphatic heterocycles. The lowest BCUT2D eigenvalue weighted by atomic mass is 9.98. The molecule has 0 heterocycles. The Bertz CT molecular complexity index is 940. The van der Waals surface area contributed by atoms with E-state index in [4.69, 9.17) is 9.84 Å². The fourth-order valence-electron chi connectivity index (χ4n) is 3.86. The summed E-state index contributed by atoms with van der Waals surface area (Å²) in [4.78, 5) is 36.8. The van der Waals surface area contributed by atoms with Crippen LogP contribution in [0.4, 0.5) is 4.79 Å². The molecule has 2 aromatic rings. The number of aliphatic carboxylic acids is 1. The van der Waals surface area contributed by atoms with E-state index in [1.165, 1.54) is 4.90 Å². The molecular formula is C24H28N2O5. The first-order valence-corrected chi connectivity index (χ1v) is 10.3. The summed E-state index contributed by atoms with van der Waals surface area (Å²) in [6.45, 7) is 3.78. The van der Waals surface area contributed by atoms with Crippen LogP contribution in [-0.4, -0.2) is 53.7 Å². The van der Waals surface area contributed by atoms with Crippen molar-refractivity contribution in [2.75, 3.05) is 20.2 Å². The van der Waals surface area contributed by atoms with E-state index in [0.29, 0.717) is 0 Å². The van der Waals surface area contributed by atoms with Crippen molar-refractivity contribution in [1.82, 2.24) is 10.2 Å². The number of benzene rings is 2. The second-order valence-corrected chi connectivity index (χ2v) is 8.47. The maximum Gasteiger partial charge on any atom is 0.407 e. The summed E-state index contributed by atoms with van der Waals surface area (Å²) < 4.78 is 5.54. The average molecular weight is 424 g/mol. The highest BCUT2D eigenvalue weighted by Crippen LogP contribution is 2.44. The number of carboxylic acid groups (broad SMARTS) is 1. The van der Waals surface area contributed by atoms with E-state index >= 15 is 0 Å². The summed E-state index contributed by atoms with van der Waals surface area (Å²) in [6, 6.07) is 16.2. The lowest BCUT2D eigenvalue weighted by Crippen LogP contribution is -2.47. The van der Waals surface area contributed by atoms with Gasteiger partial charge in [-0.25, -0.2) is 4.79 Å². The Morgan fingerprint density at radius 3 is 2.13 bits per heavy atom. The van der Waals surface area contributed by atoms with Crippen LogP contribution in [-0.2, 0) is 14.3 Å². The zero-order chi connectivity index (χ0) is 22.6. The molecule has 31 heavy (non-hydrogen) atoms. The minimum atomic E-state index is -0.962. The number of alkyl carbamates (subject to hydrolysis) is 1. The third kappa shape index (κ3) is 5.42. The van der Waals surface area contributed by atoms with Crippen molar-refractivity contribution < 1.29 is 24.2 Å². The van der Waals surface area contributed by atoms with Crippen LogP contribution in [0.3, 0.4) is 0 Å². The zero-order valence-electron chi connectivity index (χ0n) is 18.1. The van der Waals surface area contributed by atoms with Gasteiger partial charge < -0.3 is 20.1 Å². The highest BCUT2D eigenvalue weighted by atomic mass is 16.5. The molecule has 0 saturated heterocycles. The van der Waals surface area contributed by atoms with E-state index in [0.717, 1.165) is 22.3 Å². The molecule has 2 N–H and O–H groups in total. The van der Waals surface area contributed by atoms with Crippen LogP contribution in [0, 0.1) is 0 Å². The Hall–Kier alpha value is -3.35. The van der Waals surface area contributed by atoms with Crippen LogP contribution in [0.1, 0.15) is 43.7 Å². The van der Waals surface area contributed by atoms with Gasteiger partial charge in [-0.05, 0) is 36.1 Å². The number of carbonyl (C=O) groups is 3. The number of fused-ring (bicyclic) bond motifs is 3. The quantitative estimate of drug-likeness (QED) is 0.675. The Morgan fingerprint density at radius 1 is 1.03 bits per heavy atom. The number of hydrogen-bond donors (Lipinski definition) is 2. The zero-order valence-corrected chi connectivity index (χ0v) is 18.1. The number of amides is 2. The van der Waals surface area contributed by atoms with Gasteiger partial charge in [-0.15, -0.1) is 0 Å². The van der Waals surface area contributed by atoms with Gasteiger partial charge in [0.25, 0.3) is 0 Å². The number of carboxylic acids is 1. The number of rotatable bonds is 8. The lowest BCUT2D eigenvalue weighted by molar-refractivity contribution is -0.138. The third-order valence-electron chi connectivity index (χ3n) is 5.46. The van der Waals surface area contributed by atoms with E-state index in [2.05, 4.69) is 29.6 Å². The summed E-state index contributed by atoms with van der Waals surface area (Å²) in [6.07, 6.45) is -0.677. The maximum atomic E-state index is 12.5. The molecule has 3 rings (SSSR count). The highest BCUT2D eigenvalue weighted by Gasteiger charge is 2.30. The first kappa shape index (κ1) is 22.3. The fraction of sp³-hybridized carbons (Fsp3) is 0.375. The number of carbonyl (C=O) groups excluding carboxylic acids is 2. The maximum absolute atomic E-state index is 12.5. The van der Waals surface area contributed by atoms with E-state index in [1.54, 1.807) is 20.9 Å².